The summed E-state index contributed by atoms with van der Waals surface area (Å²) >= 11 is 3.37. The summed E-state index contributed by atoms with van der Waals surface area (Å²) < 4.78 is 0.945. The third-order valence-corrected chi connectivity index (χ3v) is 4.33. The van der Waals surface area contributed by atoms with Crippen LogP contribution >= 0.6 is 15.9 Å². The Bertz CT molecular complexity index is 523. The van der Waals surface area contributed by atoms with Gasteiger partial charge in [-0.25, -0.2) is 0 Å². The zero-order valence-electron chi connectivity index (χ0n) is 12.2. The van der Waals surface area contributed by atoms with Gasteiger partial charge in [-0.3, -0.25) is 9.59 Å². The molecule has 1 aliphatic carbocycles. The molecule has 0 radical (unpaired) electrons. The Morgan fingerprint density at radius 3 is 2.38 bits per heavy atom. The fourth-order valence-corrected chi connectivity index (χ4v) is 3.10. The van der Waals surface area contributed by atoms with Gasteiger partial charge in [-0.2, -0.15) is 0 Å². The number of carbonyl (C=O) groups is 2. The Morgan fingerprint density at radius 2 is 1.76 bits per heavy atom. The molecule has 0 aliphatic heterocycles. The number of aryl methyl sites for hydroxylation is 1. The maximum Gasteiger partial charge on any atom is 0.313 e. The predicted octanol–water partition coefficient (Wildman–Crippen LogP) is 3.54. The van der Waals surface area contributed by atoms with Crippen molar-refractivity contribution in [2.45, 2.75) is 51.5 Å². The van der Waals surface area contributed by atoms with Crippen molar-refractivity contribution in [3.63, 3.8) is 0 Å². The topological polar surface area (TPSA) is 58.2 Å². The van der Waals surface area contributed by atoms with Crippen LogP contribution in [0.1, 0.15) is 44.1 Å². The van der Waals surface area contributed by atoms with E-state index in [1.807, 2.05) is 19.1 Å². The number of nitrogens with one attached hydrogen (secondary N) is 2. The van der Waals surface area contributed by atoms with Crippen LogP contribution in [0.25, 0.3) is 0 Å². The fraction of sp³-hybridized carbons (Fsp3) is 0.500. The van der Waals surface area contributed by atoms with Gasteiger partial charge in [0.1, 0.15) is 0 Å². The maximum atomic E-state index is 12.0. The zero-order chi connectivity index (χ0) is 15.2. The number of carbonyl (C=O) groups excluding carboxylic acids is 2. The Morgan fingerprint density at radius 1 is 1.10 bits per heavy atom. The van der Waals surface area contributed by atoms with E-state index in [9.17, 15) is 9.59 Å². The van der Waals surface area contributed by atoms with E-state index < -0.39 is 11.8 Å². The molecule has 0 aromatic heterocycles. The first-order chi connectivity index (χ1) is 10.1. The van der Waals surface area contributed by atoms with Crippen molar-refractivity contribution in [1.29, 1.82) is 0 Å². The second-order valence-electron chi connectivity index (χ2n) is 5.58. The van der Waals surface area contributed by atoms with E-state index in [0.29, 0.717) is 5.69 Å². The van der Waals surface area contributed by atoms with Gasteiger partial charge in [0.25, 0.3) is 0 Å². The minimum Gasteiger partial charge on any atom is -0.345 e. The van der Waals surface area contributed by atoms with Gasteiger partial charge in [0.2, 0.25) is 0 Å². The first kappa shape index (κ1) is 16.0. The van der Waals surface area contributed by atoms with E-state index in [1.165, 1.54) is 12.8 Å². The molecule has 1 fully saturated rings. The van der Waals surface area contributed by atoms with Crippen molar-refractivity contribution in [2.24, 2.45) is 0 Å². The number of hydrogen-bond donors (Lipinski definition) is 2. The van der Waals surface area contributed by atoms with Gasteiger partial charge in [0, 0.05) is 16.2 Å². The normalized spacial score (nSPS) is 16.1. The lowest BCUT2D eigenvalue weighted by Gasteiger charge is -2.16. The highest BCUT2D eigenvalue weighted by molar-refractivity contribution is 9.10. The highest BCUT2D eigenvalue weighted by Crippen LogP contribution is 2.20. The van der Waals surface area contributed by atoms with Crippen LogP contribution in [0.15, 0.2) is 22.7 Å². The molecule has 2 amide bonds. The molecule has 0 spiro atoms. The largest absolute Gasteiger partial charge is 0.345 e. The molecule has 0 bridgehead atoms. The molecule has 2 rings (SSSR count). The molecule has 5 heteroatoms. The molecule has 4 nitrogen and oxygen atoms in total. The average molecular weight is 353 g/mol. The molecule has 1 saturated carbocycles. The molecule has 0 unspecified atom stereocenters. The summed E-state index contributed by atoms with van der Waals surface area (Å²) in [6.07, 6.45) is 6.62. The van der Waals surface area contributed by atoms with Gasteiger partial charge in [-0.1, -0.05) is 41.6 Å². The summed E-state index contributed by atoms with van der Waals surface area (Å²) in [5.74, 6) is -1.13. The van der Waals surface area contributed by atoms with Crippen LogP contribution in [0.4, 0.5) is 5.69 Å². The highest BCUT2D eigenvalue weighted by Gasteiger charge is 2.20. The Kier molecular flexibility index (Phi) is 5.79. The minimum atomic E-state index is -0.593. The molecule has 2 N–H and O–H groups in total. The summed E-state index contributed by atoms with van der Waals surface area (Å²) in [7, 11) is 0. The molecule has 1 aromatic rings. The lowest BCUT2D eigenvalue weighted by Crippen LogP contribution is -2.41. The maximum absolute atomic E-state index is 12.0. The zero-order valence-corrected chi connectivity index (χ0v) is 13.8. The summed E-state index contributed by atoms with van der Waals surface area (Å²) in [5.41, 5.74) is 1.58. The molecule has 1 aliphatic rings. The number of halogens is 1. The summed E-state index contributed by atoms with van der Waals surface area (Å²) in [4.78, 5) is 23.9. The third kappa shape index (κ3) is 4.84. The van der Waals surface area contributed by atoms with E-state index in [2.05, 4.69) is 26.6 Å². The van der Waals surface area contributed by atoms with Gasteiger partial charge in [-0.15, -0.1) is 0 Å². The standard InChI is InChI=1S/C16H21BrN2O2/c1-11-10-12(17)8-9-14(11)19-16(21)15(20)18-13-6-4-2-3-5-7-13/h8-10,13H,2-7H2,1H3,(H,18,20)(H,19,21). The van der Waals surface area contributed by atoms with Crippen molar-refractivity contribution in [3.05, 3.63) is 28.2 Å². The van der Waals surface area contributed by atoms with Crippen LogP contribution < -0.4 is 10.6 Å². The van der Waals surface area contributed by atoms with E-state index in [0.717, 1.165) is 35.7 Å². The van der Waals surface area contributed by atoms with Crippen molar-refractivity contribution in [2.75, 3.05) is 5.32 Å². The Labute approximate surface area is 133 Å². The van der Waals surface area contributed by atoms with Crippen LogP contribution in [-0.2, 0) is 9.59 Å². The van der Waals surface area contributed by atoms with Gasteiger partial charge >= 0.3 is 11.8 Å². The van der Waals surface area contributed by atoms with E-state index in [4.69, 9.17) is 0 Å². The predicted molar refractivity (Wildman–Crippen MR) is 87.1 cm³/mol. The number of rotatable bonds is 2. The lowest BCUT2D eigenvalue weighted by atomic mass is 10.1. The van der Waals surface area contributed by atoms with Crippen molar-refractivity contribution < 1.29 is 9.59 Å². The number of anilines is 1. The van der Waals surface area contributed by atoms with Crippen LogP contribution in [0.3, 0.4) is 0 Å². The van der Waals surface area contributed by atoms with E-state index in [-0.39, 0.29) is 6.04 Å². The van der Waals surface area contributed by atoms with Crippen LogP contribution in [0, 0.1) is 6.92 Å². The monoisotopic (exact) mass is 352 g/mol. The molecule has 21 heavy (non-hydrogen) atoms. The molecule has 0 atom stereocenters. The molecule has 114 valence electrons. The molecule has 0 saturated heterocycles. The fourth-order valence-electron chi connectivity index (χ4n) is 2.62. The lowest BCUT2D eigenvalue weighted by molar-refractivity contribution is -0.136. The first-order valence-corrected chi connectivity index (χ1v) is 8.23. The Hall–Kier alpha value is -1.36. The summed E-state index contributed by atoms with van der Waals surface area (Å²) in [6, 6.07) is 5.66. The Balaban J connectivity index is 1.91. The summed E-state index contributed by atoms with van der Waals surface area (Å²) in [6.45, 7) is 1.89. The second-order valence-corrected chi connectivity index (χ2v) is 6.49. The first-order valence-electron chi connectivity index (χ1n) is 7.44. The molecular weight excluding hydrogens is 332 g/mol. The van der Waals surface area contributed by atoms with Crippen LogP contribution in [0.2, 0.25) is 0 Å². The molecular formula is C16H21BrN2O2. The van der Waals surface area contributed by atoms with Crippen molar-refractivity contribution >= 4 is 33.4 Å². The van der Waals surface area contributed by atoms with Crippen molar-refractivity contribution in [3.8, 4) is 0 Å². The van der Waals surface area contributed by atoms with Gasteiger partial charge in [0.05, 0.1) is 0 Å². The second kappa shape index (κ2) is 7.59. The van der Waals surface area contributed by atoms with Gasteiger partial charge < -0.3 is 10.6 Å². The molecule has 0 heterocycles. The smallest absolute Gasteiger partial charge is 0.313 e. The van der Waals surface area contributed by atoms with E-state index in [1.54, 1.807) is 6.07 Å². The SMILES string of the molecule is Cc1cc(Br)ccc1NC(=O)C(=O)NC1CCCCCC1. The number of benzene rings is 1. The van der Waals surface area contributed by atoms with E-state index >= 15 is 0 Å². The van der Waals surface area contributed by atoms with Crippen molar-refractivity contribution in [1.82, 2.24) is 5.32 Å². The summed E-state index contributed by atoms with van der Waals surface area (Å²) in [5, 5.41) is 5.52. The van der Waals surface area contributed by atoms with Crippen LogP contribution in [0.5, 0.6) is 0 Å². The minimum absolute atomic E-state index is 0.136. The van der Waals surface area contributed by atoms with Gasteiger partial charge in [0.15, 0.2) is 0 Å². The number of hydrogen-bond acceptors (Lipinski definition) is 2. The van der Waals surface area contributed by atoms with Crippen LogP contribution in [-0.4, -0.2) is 17.9 Å². The highest BCUT2D eigenvalue weighted by atomic mass is 79.9. The average Bonchev–Trinajstić information content (AvgIpc) is 2.70. The quantitative estimate of drug-likeness (QED) is 0.631. The van der Waals surface area contributed by atoms with Gasteiger partial charge in [-0.05, 0) is 43.5 Å². The third-order valence-electron chi connectivity index (χ3n) is 3.83. The molecule has 1 aromatic carbocycles. The number of amides is 2.